The third-order valence-corrected chi connectivity index (χ3v) is 4.90. The highest BCUT2D eigenvalue weighted by Crippen LogP contribution is 2.54. The molecule has 1 aromatic rings. The van der Waals surface area contributed by atoms with Crippen LogP contribution in [0.4, 0.5) is 0 Å². The fourth-order valence-corrected chi connectivity index (χ4v) is 2.21. The van der Waals surface area contributed by atoms with E-state index in [9.17, 15) is 0 Å². The third-order valence-electron chi connectivity index (χ3n) is 2.55. The van der Waals surface area contributed by atoms with Crippen LogP contribution < -0.4 is 0 Å². The molecule has 19 heavy (non-hydrogen) atoms. The highest BCUT2D eigenvalue weighted by atomic mass is 35.6. The zero-order chi connectivity index (χ0) is 15.2. The van der Waals surface area contributed by atoms with Crippen LogP contribution in [0, 0.1) is 0 Å². The number of aromatic nitrogens is 3. The van der Waals surface area contributed by atoms with Crippen LogP contribution in [0.25, 0.3) is 0 Å². The molecule has 0 bridgehead atoms. The summed E-state index contributed by atoms with van der Waals surface area (Å²) in [4.78, 5) is 0. The summed E-state index contributed by atoms with van der Waals surface area (Å²) in [5.74, 6) is 0. The SMILES string of the molecule is CC(C)n1nnc(C(C)(C)C)c1C(Cl)(Cl)C(Cl)(Cl)Cl. The Morgan fingerprint density at radius 3 is 1.79 bits per heavy atom. The Hall–Kier alpha value is 0.590. The first kappa shape index (κ1) is 17.6. The average Bonchev–Trinajstić information content (AvgIpc) is 2.58. The second kappa shape index (κ2) is 5.42. The summed E-state index contributed by atoms with van der Waals surface area (Å²) in [5, 5.41) is 8.24. The van der Waals surface area contributed by atoms with Gasteiger partial charge in [-0.15, -0.1) is 5.10 Å². The molecule has 0 atom stereocenters. The second-order valence-electron chi connectivity index (χ2n) is 5.65. The minimum Gasteiger partial charge on any atom is -0.243 e. The highest BCUT2D eigenvalue weighted by Gasteiger charge is 2.52. The maximum Gasteiger partial charge on any atom is 0.228 e. The Labute approximate surface area is 138 Å². The lowest BCUT2D eigenvalue weighted by Crippen LogP contribution is -2.34. The summed E-state index contributed by atoms with van der Waals surface area (Å²) >= 11 is 30.4. The largest absolute Gasteiger partial charge is 0.243 e. The van der Waals surface area contributed by atoms with E-state index >= 15 is 0 Å². The van der Waals surface area contributed by atoms with Crippen LogP contribution >= 0.6 is 58.0 Å². The quantitative estimate of drug-likeness (QED) is 0.676. The molecule has 0 N–H and O–H groups in total. The molecular weight excluding hydrogens is 351 g/mol. The minimum atomic E-state index is -1.90. The van der Waals surface area contributed by atoms with Gasteiger partial charge in [-0.05, 0) is 13.8 Å². The van der Waals surface area contributed by atoms with Gasteiger partial charge in [0.25, 0.3) is 0 Å². The summed E-state index contributed by atoms with van der Waals surface area (Å²) in [5.41, 5.74) is 0.698. The highest BCUT2D eigenvalue weighted by molar-refractivity contribution is 6.75. The molecule has 0 aromatic carbocycles. The number of hydrogen-bond acceptors (Lipinski definition) is 2. The maximum absolute atomic E-state index is 6.31. The normalized spacial score (nSPS) is 14.3. The zero-order valence-electron chi connectivity index (χ0n) is 11.3. The van der Waals surface area contributed by atoms with E-state index in [0.29, 0.717) is 11.4 Å². The summed E-state index contributed by atoms with van der Waals surface area (Å²) < 4.78 is -2.05. The van der Waals surface area contributed by atoms with E-state index < -0.39 is 8.13 Å². The lowest BCUT2D eigenvalue weighted by Gasteiger charge is -2.31. The van der Waals surface area contributed by atoms with Gasteiger partial charge >= 0.3 is 0 Å². The van der Waals surface area contributed by atoms with E-state index in [0.717, 1.165) is 0 Å². The van der Waals surface area contributed by atoms with Crippen LogP contribution in [0.1, 0.15) is 52.0 Å². The fraction of sp³-hybridized carbons (Fsp3) is 0.818. The van der Waals surface area contributed by atoms with Crippen molar-refractivity contribution < 1.29 is 0 Å². The van der Waals surface area contributed by atoms with Gasteiger partial charge in [0.1, 0.15) is 5.69 Å². The van der Waals surface area contributed by atoms with Gasteiger partial charge in [0.05, 0.1) is 5.69 Å². The predicted molar refractivity (Wildman–Crippen MR) is 82.8 cm³/mol. The third kappa shape index (κ3) is 3.44. The Morgan fingerprint density at radius 2 is 1.47 bits per heavy atom. The molecule has 0 unspecified atom stereocenters. The van der Waals surface area contributed by atoms with Gasteiger partial charge in [-0.3, -0.25) is 0 Å². The molecule has 0 aliphatic heterocycles. The Kier molecular flexibility index (Phi) is 5.03. The Bertz CT molecular complexity index is 454. The monoisotopic (exact) mass is 365 g/mol. The van der Waals surface area contributed by atoms with E-state index in [4.69, 9.17) is 58.0 Å². The molecule has 1 heterocycles. The smallest absolute Gasteiger partial charge is 0.228 e. The van der Waals surface area contributed by atoms with Crippen molar-refractivity contribution in [2.45, 2.75) is 54.2 Å². The fourth-order valence-electron chi connectivity index (χ4n) is 1.59. The summed E-state index contributed by atoms with van der Waals surface area (Å²) in [6, 6.07) is -0.0113. The maximum atomic E-state index is 6.31. The van der Waals surface area contributed by atoms with Gasteiger partial charge in [-0.2, -0.15) is 0 Å². The Morgan fingerprint density at radius 1 is 1.00 bits per heavy atom. The van der Waals surface area contributed by atoms with Crippen molar-refractivity contribution in [3.63, 3.8) is 0 Å². The molecule has 3 nitrogen and oxygen atoms in total. The molecule has 0 saturated carbocycles. The number of hydrogen-bond donors (Lipinski definition) is 0. The molecule has 8 heteroatoms. The van der Waals surface area contributed by atoms with E-state index in [-0.39, 0.29) is 11.5 Å². The van der Waals surface area contributed by atoms with Gasteiger partial charge < -0.3 is 0 Å². The van der Waals surface area contributed by atoms with Crippen molar-refractivity contribution in [3.8, 4) is 0 Å². The Balaban J connectivity index is 3.60. The topological polar surface area (TPSA) is 30.7 Å². The summed E-state index contributed by atoms with van der Waals surface area (Å²) in [6.07, 6.45) is 0. The minimum absolute atomic E-state index is 0.0113. The summed E-state index contributed by atoms with van der Waals surface area (Å²) in [7, 11) is 0. The lowest BCUT2D eigenvalue weighted by molar-refractivity contribution is 0.483. The number of halogens is 5. The lowest BCUT2D eigenvalue weighted by atomic mass is 9.90. The van der Waals surface area contributed by atoms with E-state index in [1.165, 1.54) is 0 Å². The molecule has 1 aromatic heterocycles. The molecule has 0 spiro atoms. The van der Waals surface area contributed by atoms with Gasteiger partial charge in [-0.25, -0.2) is 4.68 Å². The molecule has 110 valence electrons. The van der Waals surface area contributed by atoms with Crippen LogP contribution in [0.2, 0.25) is 0 Å². The number of nitrogens with zero attached hydrogens (tertiary/aromatic N) is 3. The van der Waals surface area contributed by atoms with Crippen LogP contribution in [0.5, 0.6) is 0 Å². The summed E-state index contributed by atoms with van der Waals surface area (Å²) in [6.45, 7) is 9.74. The molecule has 0 aliphatic rings. The molecule has 0 saturated heterocycles. The van der Waals surface area contributed by atoms with E-state index in [2.05, 4.69) is 10.3 Å². The predicted octanol–water partition coefficient (Wildman–Crippen LogP) is 5.16. The molecule has 0 radical (unpaired) electrons. The van der Waals surface area contributed by atoms with Crippen LogP contribution in [-0.2, 0) is 9.75 Å². The van der Waals surface area contributed by atoms with Crippen LogP contribution in [-0.4, -0.2) is 18.8 Å². The van der Waals surface area contributed by atoms with Crippen molar-refractivity contribution in [1.82, 2.24) is 15.0 Å². The molecule has 0 amide bonds. The van der Waals surface area contributed by atoms with E-state index in [1.807, 2.05) is 34.6 Å². The standard InChI is InChI=1S/C11H16Cl5N3/c1-6(2)19-8(10(12,13)11(14,15)16)7(17-18-19)9(3,4)5/h6H,1-5H3. The molecular formula is C11H16Cl5N3. The zero-order valence-corrected chi connectivity index (χ0v) is 15.1. The van der Waals surface area contributed by atoms with Gasteiger partial charge in [0.15, 0.2) is 0 Å². The van der Waals surface area contributed by atoms with Crippen molar-refractivity contribution in [2.75, 3.05) is 0 Å². The first-order chi connectivity index (χ1) is 8.30. The molecule has 1 rings (SSSR count). The van der Waals surface area contributed by atoms with E-state index in [1.54, 1.807) is 4.68 Å². The van der Waals surface area contributed by atoms with Gasteiger partial charge in [-0.1, -0.05) is 84.0 Å². The van der Waals surface area contributed by atoms with Crippen LogP contribution in [0.3, 0.4) is 0 Å². The van der Waals surface area contributed by atoms with Crippen molar-refractivity contribution in [1.29, 1.82) is 0 Å². The second-order valence-corrected chi connectivity index (χ2v) is 9.26. The average molecular weight is 368 g/mol. The first-order valence-corrected chi connectivity index (χ1v) is 7.59. The first-order valence-electron chi connectivity index (χ1n) is 5.71. The number of alkyl halides is 5. The van der Waals surface area contributed by atoms with Gasteiger partial charge in [0, 0.05) is 11.5 Å². The van der Waals surface area contributed by atoms with Crippen molar-refractivity contribution in [2.24, 2.45) is 0 Å². The molecule has 0 fully saturated rings. The van der Waals surface area contributed by atoms with Crippen molar-refractivity contribution >= 4 is 58.0 Å². The molecule has 0 aliphatic carbocycles. The van der Waals surface area contributed by atoms with Gasteiger partial charge in [0.2, 0.25) is 8.13 Å². The number of rotatable bonds is 2. The van der Waals surface area contributed by atoms with Crippen LogP contribution in [0.15, 0.2) is 0 Å². The van der Waals surface area contributed by atoms with Crippen molar-refractivity contribution in [3.05, 3.63) is 11.4 Å².